The fourth-order valence-corrected chi connectivity index (χ4v) is 1.54. The summed E-state index contributed by atoms with van der Waals surface area (Å²) in [4.78, 5) is 24.5. The van der Waals surface area contributed by atoms with Crippen LogP contribution in [-0.2, 0) is 9.59 Å². The van der Waals surface area contributed by atoms with Crippen LogP contribution in [0.15, 0.2) is 0 Å². The normalized spacial score (nSPS) is 28.1. The summed E-state index contributed by atoms with van der Waals surface area (Å²) < 4.78 is 0. The first-order valence-corrected chi connectivity index (χ1v) is 4.62. The molecule has 0 aliphatic carbocycles. The molecule has 1 rings (SSSR count). The van der Waals surface area contributed by atoms with Crippen molar-refractivity contribution in [3.8, 4) is 6.07 Å². The second-order valence-electron chi connectivity index (χ2n) is 4.26. The molecule has 1 aliphatic heterocycles. The minimum absolute atomic E-state index is 0.242. The molecule has 14 heavy (non-hydrogen) atoms. The fourth-order valence-electron chi connectivity index (χ4n) is 1.54. The quantitative estimate of drug-likeness (QED) is 0.583. The molecule has 0 aromatic rings. The maximum atomic E-state index is 11.7. The molecule has 0 bridgehead atoms. The smallest absolute Gasteiger partial charge is 0.234 e. The molecule has 0 aromatic carbocycles. The number of rotatable bonds is 1. The van der Waals surface area contributed by atoms with Gasteiger partial charge in [0.2, 0.25) is 11.8 Å². The van der Waals surface area contributed by atoms with E-state index in [1.807, 2.05) is 6.07 Å². The Balaban J connectivity index is 3.10. The van der Waals surface area contributed by atoms with Crippen LogP contribution in [-0.4, -0.2) is 22.3 Å². The Bertz CT molecular complexity index is 308. The minimum atomic E-state index is -1.03. The number of carbonyl (C=O) groups is 2. The standard InChI is InChI=1S/C10H14N2O2/c1-6-7(2)9(14)12(8(6)13)10(3,4)5-11/h6-7H,1-4H3. The van der Waals surface area contributed by atoms with E-state index in [1.54, 1.807) is 27.7 Å². The average molecular weight is 194 g/mol. The number of carbonyl (C=O) groups excluding carboxylic acids is 2. The Kier molecular flexibility index (Phi) is 2.36. The number of likely N-dealkylation sites (tertiary alicyclic amines) is 1. The zero-order valence-corrected chi connectivity index (χ0v) is 8.87. The number of hydrogen-bond donors (Lipinski definition) is 0. The Labute approximate surface area is 83.5 Å². The number of hydrogen-bond acceptors (Lipinski definition) is 3. The topological polar surface area (TPSA) is 61.2 Å². The zero-order valence-electron chi connectivity index (χ0n) is 8.87. The summed E-state index contributed by atoms with van der Waals surface area (Å²) in [5.74, 6) is -1.10. The summed E-state index contributed by atoms with van der Waals surface area (Å²) in [6.45, 7) is 6.60. The molecule has 2 amide bonds. The maximum absolute atomic E-state index is 11.7. The molecule has 0 saturated carbocycles. The van der Waals surface area contributed by atoms with E-state index in [0.29, 0.717) is 0 Å². The summed E-state index contributed by atoms with van der Waals surface area (Å²) >= 11 is 0. The third-order valence-corrected chi connectivity index (χ3v) is 2.80. The van der Waals surface area contributed by atoms with Crippen molar-refractivity contribution in [2.75, 3.05) is 0 Å². The highest BCUT2D eigenvalue weighted by Crippen LogP contribution is 2.30. The van der Waals surface area contributed by atoms with Gasteiger partial charge in [0.05, 0.1) is 6.07 Å². The molecule has 0 spiro atoms. The van der Waals surface area contributed by atoms with Gasteiger partial charge in [-0.05, 0) is 13.8 Å². The van der Waals surface area contributed by atoms with Crippen LogP contribution >= 0.6 is 0 Å². The van der Waals surface area contributed by atoms with Crippen molar-refractivity contribution in [3.63, 3.8) is 0 Å². The van der Waals surface area contributed by atoms with E-state index >= 15 is 0 Å². The van der Waals surface area contributed by atoms with Crippen molar-refractivity contribution >= 4 is 11.8 Å². The lowest BCUT2D eigenvalue weighted by Gasteiger charge is -2.27. The van der Waals surface area contributed by atoms with E-state index in [1.165, 1.54) is 0 Å². The predicted octanol–water partition coefficient (Wildman–Crippen LogP) is 0.930. The molecule has 76 valence electrons. The molecule has 1 heterocycles. The number of nitrogens with zero attached hydrogens (tertiary/aromatic N) is 2. The first-order chi connectivity index (χ1) is 6.33. The molecule has 2 atom stereocenters. The molecule has 1 saturated heterocycles. The van der Waals surface area contributed by atoms with Gasteiger partial charge in [0.15, 0.2) is 0 Å². The lowest BCUT2D eigenvalue weighted by Crippen LogP contribution is -2.47. The van der Waals surface area contributed by atoms with E-state index in [-0.39, 0.29) is 23.7 Å². The van der Waals surface area contributed by atoms with Gasteiger partial charge in [-0.3, -0.25) is 14.5 Å². The lowest BCUT2D eigenvalue weighted by atomic mass is 10.00. The third kappa shape index (κ3) is 1.29. The number of imide groups is 1. The van der Waals surface area contributed by atoms with Gasteiger partial charge in [0.1, 0.15) is 5.54 Å². The van der Waals surface area contributed by atoms with Gasteiger partial charge < -0.3 is 0 Å². The van der Waals surface area contributed by atoms with Crippen molar-refractivity contribution in [1.82, 2.24) is 4.90 Å². The van der Waals surface area contributed by atoms with Gasteiger partial charge in [0.25, 0.3) is 0 Å². The predicted molar refractivity (Wildman–Crippen MR) is 49.9 cm³/mol. The molecule has 0 N–H and O–H groups in total. The van der Waals surface area contributed by atoms with E-state index in [2.05, 4.69) is 0 Å². The van der Waals surface area contributed by atoms with Gasteiger partial charge in [-0.2, -0.15) is 5.26 Å². The first kappa shape index (κ1) is 10.7. The van der Waals surface area contributed by atoms with E-state index in [4.69, 9.17) is 5.26 Å². The van der Waals surface area contributed by atoms with Crippen molar-refractivity contribution in [2.24, 2.45) is 11.8 Å². The highest BCUT2D eigenvalue weighted by molar-refractivity contribution is 6.05. The molecular formula is C10H14N2O2. The van der Waals surface area contributed by atoms with Gasteiger partial charge in [-0.1, -0.05) is 13.8 Å². The SMILES string of the molecule is CC1C(=O)N(C(C)(C)C#N)C(=O)C1C. The molecule has 0 aromatic heterocycles. The first-order valence-electron chi connectivity index (χ1n) is 4.62. The Morgan fingerprint density at radius 1 is 1.21 bits per heavy atom. The number of amides is 2. The largest absolute Gasteiger partial charge is 0.274 e. The van der Waals surface area contributed by atoms with Crippen LogP contribution in [0.2, 0.25) is 0 Å². The van der Waals surface area contributed by atoms with Gasteiger partial charge in [-0.15, -0.1) is 0 Å². The maximum Gasteiger partial charge on any atom is 0.234 e. The second-order valence-corrected chi connectivity index (χ2v) is 4.26. The summed E-state index contributed by atoms with van der Waals surface area (Å²) in [6, 6.07) is 1.97. The molecule has 4 heteroatoms. The molecular weight excluding hydrogens is 180 g/mol. The van der Waals surface area contributed by atoms with E-state index < -0.39 is 5.54 Å². The molecule has 2 unspecified atom stereocenters. The van der Waals surface area contributed by atoms with Crippen LogP contribution < -0.4 is 0 Å². The lowest BCUT2D eigenvalue weighted by molar-refractivity contribution is -0.143. The molecule has 0 radical (unpaired) electrons. The minimum Gasteiger partial charge on any atom is -0.274 e. The van der Waals surface area contributed by atoms with Crippen molar-refractivity contribution < 1.29 is 9.59 Å². The molecule has 4 nitrogen and oxygen atoms in total. The van der Waals surface area contributed by atoms with Crippen LogP contribution in [0.5, 0.6) is 0 Å². The van der Waals surface area contributed by atoms with E-state index in [0.717, 1.165) is 4.90 Å². The number of nitriles is 1. The Morgan fingerprint density at radius 2 is 1.57 bits per heavy atom. The highest BCUT2D eigenvalue weighted by atomic mass is 16.2. The van der Waals surface area contributed by atoms with Gasteiger partial charge in [0, 0.05) is 11.8 Å². The summed E-state index contributed by atoms with van der Waals surface area (Å²) in [7, 11) is 0. The highest BCUT2D eigenvalue weighted by Gasteiger charge is 2.48. The van der Waals surface area contributed by atoms with Crippen LogP contribution in [0, 0.1) is 23.2 Å². The zero-order chi connectivity index (χ0) is 11.1. The monoisotopic (exact) mass is 194 g/mol. The van der Waals surface area contributed by atoms with Crippen LogP contribution in [0.4, 0.5) is 0 Å². The average Bonchev–Trinajstić information content (AvgIpc) is 2.31. The third-order valence-electron chi connectivity index (χ3n) is 2.80. The van der Waals surface area contributed by atoms with Crippen LogP contribution in [0.25, 0.3) is 0 Å². The fraction of sp³-hybridized carbons (Fsp3) is 0.700. The van der Waals surface area contributed by atoms with Gasteiger partial charge in [-0.25, -0.2) is 0 Å². The molecule has 1 aliphatic rings. The summed E-state index contributed by atoms with van der Waals surface area (Å²) in [5.41, 5.74) is -1.03. The van der Waals surface area contributed by atoms with Crippen molar-refractivity contribution in [1.29, 1.82) is 5.26 Å². The van der Waals surface area contributed by atoms with Crippen molar-refractivity contribution in [3.05, 3.63) is 0 Å². The van der Waals surface area contributed by atoms with E-state index in [9.17, 15) is 9.59 Å². The molecule has 1 fully saturated rings. The second kappa shape index (κ2) is 3.09. The summed E-state index contributed by atoms with van der Waals surface area (Å²) in [6.07, 6.45) is 0. The summed E-state index contributed by atoms with van der Waals surface area (Å²) in [5, 5.41) is 8.87. The van der Waals surface area contributed by atoms with Crippen molar-refractivity contribution in [2.45, 2.75) is 33.2 Å². The van der Waals surface area contributed by atoms with Gasteiger partial charge >= 0.3 is 0 Å². The Morgan fingerprint density at radius 3 is 1.86 bits per heavy atom. The van der Waals surface area contributed by atoms with Crippen LogP contribution in [0.3, 0.4) is 0 Å². The van der Waals surface area contributed by atoms with Crippen LogP contribution in [0.1, 0.15) is 27.7 Å². The Hall–Kier alpha value is -1.37.